The number of carbonyl (C=O) groups excluding carboxylic acids is 1. The summed E-state index contributed by atoms with van der Waals surface area (Å²) in [5.41, 5.74) is 3.77. The van der Waals surface area contributed by atoms with E-state index in [9.17, 15) is 9.90 Å². The molecule has 2 aromatic carbocycles. The Morgan fingerprint density at radius 1 is 1.22 bits per heavy atom. The van der Waals surface area contributed by atoms with E-state index in [0.717, 1.165) is 11.4 Å². The summed E-state index contributed by atoms with van der Waals surface area (Å²) < 4.78 is 5.08. The molecule has 6 nitrogen and oxygen atoms in total. The highest BCUT2D eigenvalue weighted by molar-refractivity contribution is 5.87. The molecule has 1 unspecified atom stereocenters. The summed E-state index contributed by atoms with van der Waals surface area (Å²) in [6.07, 6.45) is 1.40. The van der Waals surface area contributed by atoms with Crippen molar-refractivity contribution in [1.82, 2.24) is 5.43 Å². The molecule has 3 N–H and O–H groups in total. The number of nitrogens with one attached hydrogen (secondary N) is 2. The lowest BCUT2D eigenvalue weighted by atomic mass is 10.2. The Kier molecular flexibility index (Phi) is 5.57. The van der Waals surface area contributed by atoms with Gasteiger partial charge in [-0.15, -0.1) is 0 Å². The summed E-state index contributed by atoms with van der Waals surface area (Å²) in [5, 5.41) is 16.5. The molecule has 23 heavy (non-hydrogen) atoms. The second-order valence-corrected chi connectivity index (χ2v) is 4.89. The zero-order valence-corrected chi connectivity index (χ0v) is 13.0. The van der Waals surface area contributed by atoms with Gasteiger partial charge in [0.15, 0.2) is 0 Å². The van der Waals surface area contributed by atoms with E-state index in [-0.39, 0.29) is 11.7 Å². The zero-order valence-electron chi connectivity index (χ0n) is 13.0. The van der Waals surface area contributed by atoms with Gasteiger partial charge in [-0.3, -0.25) is 4.79 Å². The molecule has 2 rings (SSSR count). The normalized spacial score (nSPS) is 11.9. The SMILES string of the molecule is COc1ccc(NC(C)C(=O)N/N=C/c2ccccc2O)cc1. The quantitative estimate of drug-likeness (QED) is 0.565. The van der Waals surface area contributed by atoms with Crippen molar-refractivity contribution in [2.75, 3.05) is 12.4 Å². The van der Waals surface area contributed by atoms with Crippen molar-refractivity contribution < 1.29 is 14.6 Å². The first-order chi connectivity index (χ1) is 11.1. The van der Waals surface area contributed by atoms with Gasteiger partial charge in [-0.05, 0) is 43.3 Å². The average Bonchev–Trinajstić information content (AvgIpc) is 2.57. The molecule has 0 aliphatic carbocycles. The fraction of sp³-hybridized carbons (Fsp3) is 0.176. The van der Waals surface area contributed by atoms with Gasteiger partial charge in [0, 0.05) is 11.3 Å². The first-order valence-electron chi connectivity index (χ1n) is 7.11. The van der Waals surface area contributed by atoms with E-state index in [2.05, 4.69) is 15.8 Å². The molecule has 0 fully saturated rings. The Hall–Kier alpha value is -3.02. The summed E-state index contributed by atoms with van der Waals surface area (Å²) in [6.45, 7) is 1.73. The summed E-state index contributed by atoms with van der Waals surface area (Å²) in [4.78, 5) is 12.0. The monoisotopic (exact) mass is 313 g/mol. The number of hydrazone groups is 1. The maximum Gasteiger partial charge on any atom is 0.262 e. The number of methoxy groups -OCH3 is 1. The number of carbonyl (C=O) groups is 1. The third kappa shape index (κ3) is 4.74. The minimum absolute atomic E-state index is 0.106. The van der Waals surface area contributed by atoms with Crippen molar-refractivity contribution in [3.63, 3.8) is 0 Å². The van der Waals surface area contributed by atoms with Crippen molar-refractivity contribution in [3.05, 3.63) is 54.1 Å². The lowest BCUT2D eigenvalue weighted by Gasteiger charge is -2.13. The highest BCUT2D eigenvalue weighted by Gasteiger charge is 2.11. The maximum absolute atomic E-state index is 12.0. The largest absolute Gasteiger partial charge is 0.507 e. The number of hydrogen-bond donors (Lipinski definition) is 3. The predicted molar refractivity (Wildman–Crippen MR) is 89.9 cm³/mol. The summed E-state index contributed by atoms with van der Waals surface area (Å²) in [6, 6.07) is 13.5. The molecule has 1 amide bonds. The number of phenols is 1. The van der Waals surface area contributed by atoms with Crippen LogP contribution in [0.25, 0.3) is 0 Å². The second kappa shape index (κ2) is 7.84. The molecule has 120 valence electrons. The van der Waals surface area contributed by atoms with Crippen molar-refractivity contribution in [1.29, 1.82) is 0 Å². The number of para-hydroxylation sites is 1. The maximum atomic E-state index is 12.0. The highest BCUT2D eigenvalue weighted by Crippen LogP contribution is 2.16. The lowest BCUT2D eigenvalue weighted by molar-refractivity contribution is -0.121. The summed E-state index contributed by atoms with van der Waals surface area (Å²) in [5.74, 6) is 0.572. The Morgan fingerprint density at radius 3 is 2.57 bits per heavy atom. The lowest BCUT2D eigenvalue weighted by Crippen LogP contribution is -2.34. The average molecular weight is 313 g/mol. The van der Waals surface area contributed by atoms with Gasteiger partial charge >= 0.3 is 0 Å². The van der Waals surface area contributed by atoms with Crippen molar-refractivity contribution in [2.24, 2.45) is 5.10 Å². The zero-order chi connectivity index (χ0) is 16.7. The number of benzene rings is 2. The number of aromatic hydroxyl groups is 1. The topological polar surface area (TPSA) is 83.0 Å². The Morgan fingerprint density at radius 2 is 1.91 bits per heavy atom. The number of hydrogen-bond acceptors (Lipinski definition) is 5. The molecule has 0 aliphatic heterocycles. The van der Waals surface area contributed by atoms with Crippen LogP contribution < -0.4 is 15.5 Å². The van der Waals surface area contributed by atoms with Crippen LogP contribution in [0, 0.1) is 0 Å². The van der Waals surface area contributed by atoms with E-state index in [4.69, 9.17) is 4.74 Å². The molecule has 0 saturated heterocycles. The number of nitrogens with zero attached hydrogens (tertiary/aromatic N) is 1. The number of anilines is 1. The van der Waals surface area contributed by atoms with Gasteiger partial charge in [0.25, 0.3) is 5.91 Å². The van der Waals surface area contributed by atoms with Crippen LogP contribution in [0.3, 0.4) is 0 Å². The number of ether oxygens (including phenoxy) is 1. The number of amides is 1. The molecular formula is C17H19N3O3. The fourth-order valence-electron chi connectivity index (χ4n) is 1.86. The van der Waals surface area contributed by atoms with Gasteiger partial charge in [-0.1, -0.05) is 12.1 Å². The van der Waals surface area contributed by atoms with E-state index >= 15 is 0 Å². The van der Waals surface area contributed by atoms with E-state index in [1.807, 2.05) is 24.3 Å². The standard InChI is InChI=1S/C17H19N3O3/c1-12(19-14-7-9-15(23-2)10-8-14)17(22)20-18-11-13-5-3-4-6-16(13)21/h3-12,19,21H,1-2H3,(H,20,22)/b18-11+. The Bertz CT molecular complexity index is 684. The first kappa shape index (κ1) is 16.4. The van der Waals surface area contributed by atoms with Gasteiger partial charge in [-0.25, -0.2) is 5.43 Å². The van der Waals surface area contributed by atoms with E-state index < -0.39 is 6.04 Å². The Balaban J connectivity index is 1.88. The predicted octanol–water partition coefficient (Wildman–Crippen LogP) is 2.35. The van der Waals surface area contributed by atoms with Gasteiger partial charge < -0.3 is 15.2 Å². The van der Waals surface area contributed by atoms with Crippen LogP contribution in [0.1, 0.15) is 12.5 Å². The smallest absolute Gasteiger partial charge is 0.262 e. The van der Waals surface area contributed by atoms with Crippen molar-refractivity contribution in [3.8, 4) is 11.5 Å². The van der Waals surface area contributed by atoms with Crippen LogP contribution >= 0.6 is 0 Å². The summed E-state index contributed by atoms with van der Waals surface area (Å²) >= 11 is 0. The van der Waals surface area contributed by atoms with Crippen molar-refractivity contribution >= 4 is 17.8 Å². The van der Waals surface area contributed by atoms with Crippen LogP contribution in [0.15, 0.2) is 53.6 Å². The molecule has 2 aromatic rings. The van der Waals surface area contributed by atoms with Crippen LogP contribution in [0.5, 0.6) is 11.5 Å². The highest BCUT2D eigenvalue weighted by atomic mass is 16.5. The molecule has 0 aliphatic rings. The number of phenolic OH excluding ortho intramolecular Hbond substituents is 1. The fourth-order valence-corrected chi connectivity index (χ4v) is 1.86. The van der Waals surface area contributed by atoms with Crippen LogP contribution in [0.4, 0.5) is 5.69 Å². The molecular weight excluding hydrogens is 294 g/mol. The van der Waals surface area contributed by atoms with E-state index in [1.165, 1.54) is 6.21 Å². The van der Waals surface area contributed by atoms with Gasteiger partial charge in [-0.2, -0.15) is 5.10 Å². The van der Waals surface area contributed by atoms with Gasteiger partial charge in [0.1, 0.15) is 17.5 Å². The third-order valence-electron chi connectivity index (χ3n) is 3.18. The minimum atomic E-state index is -0.468. The van der Waals surface area contributed by atoms with E-state index in [0.29, 0.717) is 5.56 Å². The third-order valence-corrected chi connectivity index (χ3v) is 3.18. The molecule has 0 aromatic heterocycles. The molecule has 0 radical (unpaired) electrons. The number of rotatable bonds is 6. The molecule has 0 heterocycles. The molecule has 0 spiro atoms. The van der Waals surface area contributed by atoms with Crippen LogP contribution in [0.2, 0.25) is 0 Å². The van der Waals surface area contributed by atoms with Gasteiger partial charge in [0.05, 0.1) is 13.3 Å². The van der Waals surface area contributed by atoms with Crippen molar-refractivity contribution in [2.45, 2.75) is 13.0 Å². The summed E-state index contributed by atoms with van der Waals surface area (Å²) in [7, 11) is 1.60. The first-order valence-corrected chi connectivity index (χ1v) is 7.11. The molecule has 0 bridgehead atoms. The second-order valence-electron chi connectivity index (χ2n) is 4.89. The molecule has 0 saturated carbocycles. The Labute approximate surface area is 134 Å². The molecule has 6 heteroatoms. The van der Waals surface area contributed by atoms with Gasteiger partial charge in [0.2, 0.25) is 0 Å². The van der Waals surface area contributed by atoms with Crippen LogP contribution in [-0.2, 0) is 4.79 Å². The van der Waals surface area contributed by atoms with E-state index in [1.54, 1.807) is 38.3 Å². The molecule has 1 atom stereocenters. The minimum Gasteiger partial charge on any atom is -0.507 e. The van der Waals surface area contributed by atoms with Crippen LogP contribution in [-0.4, -0.2) is 30.4 Å².